The van der Waals surface area contributed by atoms with E-state index in [2.05, 4.69) is 0 Å². The molecule has 2 N–H and O–H groups in total. The Hall–Kier alpha value is -2.35. The van der Waals surface area contributed by atoms with E-state index >= 15 is 0 Å². The second-order valence-electron chi connectivity index (χ2n) is 3.76. The summed E-state index contributed by atoms with van der Waals surface area (Å²) in [5, 5.41) is 8.76. The molecule has 1 aromatic carbocycles. The summed E-state index contributed by atoms with van der Waals surface area (Å²) in [4.78, 5) is 12.9. The van der Waals surface area contributed by atoms with Crippen molar-refractivity contribution in [1.82, 2.24) is 4.90 Å². The quantitative estimate of drug-likeness (QED) is 0.832. The number of hydrogen-bond acceptors (Lipinski definition) is 3. The first-order valence-corrected chi connectivity index (χ1v) is 5.05. The van der Waals surface area contributed by atoms with Crippen molar-refractivity contribution in [2.24, 2.45) is 5.73 Å². The molecule has 0 saturated heterocycles. The van der Waals surface area contributed by atoms with Gasteiger partial charge in [-0.25, -0.2) is 4.39 Å². The van der Waals surface area contributed by atoms with Crippen LogP contribution in [0.2, 0.25) is 0 Å². The van der Waals surface area contributed by atoms with Crippen molar-refractivity contribution in [3.8, 4) is 6.07 Å². The van der Waals surface area contributed by atoms with Crippen molar-refractivity contribution in [1.29, 1.82) is 5.26 Å². The molecule has 0 aliphatic carbocycles. The van der Waals surface area contributed by atoms with E-state index in [1.807, 2.05) is 6.07 Å². The first-order valence-electron chi connectivity index (χ1n) is 5.05. The van der Waals surface area contributed by atoms with Gasteiger partial charge in [0.05, 0.1) is 24.6 Å². The van der Waals surface area contributed by atoms with E-state index < -0.39 is 0 Å². The summed E-state index contributed by atoms with van der Waals surface area (Å²) in [6.07, 6.45) is 0.0452. The Labute approximate surface area is 97.7 Å². The van der Waals surface area contributed by atoms with Gasteiger partial charge < -0.3 is 5.73 Å². The van der Waals surface area contributed by atoms with Crippen LogP contribution < -0.4 is 5.73 Å². The lowest BCUT2D eigenvalue weighted by atomic mass is 10.2. The summed E-state index contributed by atoms with van der Waals surface area (Å²) in [6, 6.07) is 7.71. The molecule has 86 valence electrons. The standard InChI is InChI=1S/C12H10FN3O/c13-10-3-1-8(2-4-10)7-16-11(17)5-9(6-14)12(16)15/h1-4H,5,7,15H2. The van der Waals surface area contributed by atoms with Crippen LogP contribution in [0, 0.1) is 17.1 Å². The first kappa shape index (κ1) is 11.1. The molecule has 1 aliphatic heterocycles. The average Bonchev–Trinajstić information content (AvgIpc) is 2.59. The molecule has 0 fully saturated rings. The maximum atomic E-state index is 12.7. The number of halogens is 1. The fraction of sp³-hybridized carbons (Fsp3) is 0.167. The summed E-state index contributed by atoms with van der Waals surface area (Å²) in [5.41, 5.74) is 6.74. The van der Waals surface area contributed by atoms with E-state index in [-0.39, 0.29) is 36.1 Å². The molecule has 2 rings (SSSR count). The molecule has 0 spiro atoms. The molecule has 1 amide bonds. The van der Waals surface area contributed by atoms with Crippen LogP contribution in [0.5, 0.6) is 0 Å². The summed E-state index contributed by atoms with van der Waals surface area (Å²) < 4.78 is 12.7. The lowest BCUT2D eigenvalue weighted by Gasteiger charge is -2.17. The van der Waals surface area contributed by atoms with E-state index in [9.17, 15) is 9.18 Å². The molecule has 1 aromatic rings. The fourth-order valence-electron chi connectivity index (χ4n) is 1.68. The van der Waals surface area contributed by atoms with Crippen molar-refractivity contribution >= 4 is 5.91 Å². The highest BCUT2D eigenvalue weighted by Gasteiger charge is 2.28. The van der Waals surface area contributed by atoms with E-state index in [0.717, 1.165) is 5.56 Å². The average molecular weight is 231 g/mol. The summed E-state index contributed by atoms with van der Waals surface area (Å²) >= 11 is 0. The van der Waals surface area contributed by atoms with Crippen LogP contribution in [-0.4, -0.2) is 10.8 Å². The molecule has 0 bridgehead atoms. The molecule has 0 aromatic heterocycles. The third-order valence-corrected chi connectivity index (χ3v) is 2.62. The van der Waals surface area contributed by atoms with E-state index in [1.54, 1.807) is 12.1 Å². The minimum Gasteiger partial charge on any atom is -0.384 e. The predicted octanol–water partition coefficient (Wildman–Crippen LogP) is 1.25. The highest BCUT2D eigenvalue weighted by Crippen LogP contribution is 2.22. The lowest BCUT2D eigenvalue weighted by Crippen LogP contribution is -2.28. The minimum atomic E-state index is -0.331. The highest BCUT2D eigenvalue weighted by atomic mass is 19.1. The molecule has 0 radical (unpaired) electrons. The molecule has 17 heavy (non-hydrogen) atoms. The van der Waals surface area contributed by atoms with E-state index in [0.29, 0.717) is 0 Å². The van der Waals surface area contributed by atoms with E-state index in [1.165, 1.54) is 17.0 Å². The third-order valence-electron chi connectivity index (χ3n) is 2.62. The van der Waals surface area contributed by atoms with Crippen molar-refractivity contribution in [3.05, 3.63) is 47.0 Å². The van der Waals surface area contributed by atoms with Gasteiger partial charge in [0.25, 0.3) is 0 Å². The Morgan fingerprint density at radius 1 is 1.41 bits per heavy atom. The molecular formula is C12H10FN3O. The Bertz CT molecular complexity index is 528. The van der Waals surface area contributed by atoms with Gasteiger partial charge in [-0.3, -0.25) is 9.69 Å². The Morgan fingerprint density at radius 3 is 2.59 bits per heavy atom. The number of nitrogens with zero attached hydrogens (tertiary/aromatic N) is 2. The number of hydrogen-bond donors (Lipinski definition) is 1. The van der Waals surface area contributed by atoms with Crippen molar-refractivity contribution < 1.29 is 9.18 Å². The Morgan fingerprint density at radius 2 is 2.06 bits per heavy atom. The smallest absolute Gasteiger partial charge is 0.233 e. The van der Waals surface area contributed by atoms with Crippen molar-refractivity contribution in [2.45, 2.75) is 13.0 Å². The van der Waals surface area contributed by atoms with Gasteiger partial charge in [0, 0.05) is 0 Å². The number of nitrogens with two attached hydrogens (primary N) is 1. The molecule has 0 atom stereocenters. The molecule has 0 unspecified atom stereocenters. The van der Waals surface area contributed by atoms with Crippen LogP contribution in [0.25, 0.3) is 0 Å². The number of rotatable bonds is 2. The van der Waals surface area contributed by atoms with Gasteiger partial charge in [-0.15, -0.1) is 0 Å². The van der Waals surface area contributed by atoms with Crippen molar-refractivity contribution in [3.63, 3.8) is 0 Å². The zero-order valence-electron chi connectivity index (χ0n) is 8.98. The van der Waals surface area contributed by atoms with Gasteiger partial charge in [-0.05, 0) is 17.7 Å². The second-order valence-corrected chi connectivity index (χ2v) is 3.76. The van der Waals surface area contributed by atoms with Gasteiger partial charge in [0.1, 0.15) is 11.6 Å². The summed E-state index contributed by atoms with van der Waals surface area (Å²) in [5.74, 6) is -0.340. The highest BCUT2D eigenvalue weighted by molar-refractivity contribution is 5.85. The number of benzene rings is 1. The molecular weight excluding hydrogens is 221 g/mol. The largest absolute Gasteiger partial charge is 0.384 e. The summed E-state index contributed by atoms with van der Waals surface area (Å²) in [6.45, 7) is 0.260. The van der Waals surface area contributed by atoms with Crippen LogP contribution in [0.1, 0.15) is 12.0 Å². The number of carbonyl (C=O) groups is 1. The number of carbonyl (C=O) groups excluding carboxylic acids is 1. The molecule has 5 heteroatoms. The molecule has 1 aliphatic rings. The molecule has 0 saturated carbocycles. The first-order chi connectivity index (χ1) is 8.11. The van der Waals surface area contributed by atoms with Crippen LogP contribution in [0.4, 0.5) is 4.39 Å². The molecule has 1 heterocycles. The van der Waals surface area contributed by atoms with Gasteiger partial charge >= 0.3 is 0 Å². The normalized spacial score (nSPS) is 15.3. The van der Waals surface area contributed by atoms with Gasteiger partial charge in [0.2, 0.25) is 5.91 Å². The zero-order valence-corrected chi connectivity index (χ0v) is 8.98. The minimum absolute atomic E-state index is 0.0452. The Balaban J connectivity index is 2.20. The van der Waals surface area contributed by atoms with Gasteiger partial charge in [-0.2, -0.15) is 5.26 Å². The van der Waals surface area contributed by atoms with Gasteiger partial charge in [0.15, 0.2) is 0 Å². The number of nitriles is 1. The number of amides is 1. The fourth-order valence-corrected chi connectivity index (χ4v) is 1.68. The lowest BCUT2D eigenvalue weighted by molar-refractivity contribution is -0.127. The third kappa shape index (κ3) is 2.11. The van der Waals surface area contributed by atoms with Crippen LogP contribution in [-0.2, 0) is 11.3 Å². The van der Waals surface area contributed by atoms with Crippen LogP contribution in [0.3, 0.4) is 0 Å². The van der Waals surface area contributed by atoms with Gasteiger partial charge in [-0.1, -0.05) is 12.1 Å². The monoisotopic (exact) mass is 231 g/mol. The Kier molecular flexibility index (Phi) is 2.79. The zero-order chi connectivity index (χ0) is 12.4. The molecule has 4 nitrogen and oxygen atoms in total. The van der Waals surface area contributed by atoms with Crippen LogP contribution in [0.15, 0.2) is 35.7 Å². The predicted molar refractivity (Wildman–Crippen MR) is 58.4 cm³/mol. The maximum Gasteiger partial charge on any atom is 0.233 e. The summed E-state index contributed by atoms with van der Waals surface area (Å²) in [7, 11) is 0. The maximum absolute atomic E-state index is 12.7. The SMILES string of the molecule is N#CC1=C(N)N(Cc2ccc(F)cc2)C(=O)C1. The topological polar surface area (TPSA) is 70.1 Å². The van der Waals surface area contributed by atoms with E-state index in [4.69, 9.17) is 11.0 Å². The van der Waals surface area contributed by atoms with Crippen molar-refractivity contribution in [2.75, 3.05) is 0 Å². The van der Waals surface area contributed by atoms with Crippen LogP contribution >= 0.6 is 0 Å². The second kappa shape index (κ2) is 4.26.